The number of hydrogen-bond acceptors (Lipinski definition) is 4. The summed E-state index contributed by atoms with van der Waals surface area (Å²) >= 11 is 0. The third kappa shape index (κ3) is 8.41. The summed E-state index contributed by atoms with van der Waals surface area (Å²) in [4.78, 5) is 9.79. The molecule has 6 nitrogen and oxygen atoms in total. The summed E-state index contributed by atoms with van der Waals surface area (Å²) in [6, 6.07) is 0.645. The second-order valence-corrected chi connectivity index (χ2v) is 7.09. The summed E-state index contributed by atoms with van der Waals surface area (Å²) in [6.07, 6.45) is 2.21. The van der Waals surface area contributed by atoms with E-state index in [2.05, 4.69) is 35.9 Å². The Labute approximate surface area is 170 Å². The first kappa shape index (κ1) is 22.9. The molecule has 148 valence electrons. The Kier molecular flexibility index (Phi) is 12.0. The van der Waals surface area contributed by atoms with Gasteiger partial charge in [-0.2, -0.15) is 0 Å². The predicted molar refractivity (Wildman–Crippen MR) is 114 cm³/mol. The molecule has 2 saturated heterocycles. The van der Waals surface area contributed by atoms with Crippen LogP contribution in [-0.2, 0) is 9.47 Å². The van der Waals surface area contributed by atoms with Gasteiger partial charge < -0.3 is 19.7 Å². The summed E-state index contributed by atoms with van der Waals surface area (Å²) in [5.41, 5.74) is 0. The zero-order valence-corrected chi connectivity index (χ0v) is 18.5. The molecule has 0 bridgehead atoms. The molecule has 0 amide bonds. The Morgan fingerprint density at radius 3 is 2.72 bits per heavy atom. The Morgan fingerprint density at radius 2 is 2.04 bits per heavy atom. The van der Waals surface area contributed by atoms with Crippen molar-refractivity contribution in [1.82, 2.24) is 15.1 Å². The van der Waals surface area contributed by atoms with Crippen molar-refractivity contribution in [3.8, 4) is 0 Å². The molecule has 0 aromatic carbocycles. The van der Waals surface area contributed by atoms with E-state index in [-0.39, 0.29) is 24.0 Å². The summed E-state index contributed by atoms with van der Waals surface area (Å²) in [7, 11) is 0. The largest absolute Gasteiger partial charge is 0.381 e. The van der Waals surface area contributed by atoms with Crippen molar-refractivity contribution < 1.29 is 9.47 Å². The Balaban J connectivity index is 0.00000312. The normalized spacial score (nSPS) is 22.3. The molecule has 2 fully saturated rings. The minimum absolute atomic E-state index is 0. The van der Waals surface area contributed by atoms with E-state index in [0.717, 1.165) is 78.1 Å². The fourth-order valence-corrected chi connectivity index (χ4v) is 3.27. The number of likely N-dealkylation sites (tertiary alicyclic amines) is 1. The SMILES string of the molecule is CCNC(=NCCCOCC(C)C)N1CCC(N2CCOCC2)C1.I. The molecule has 25 heavy (non-hydrogen) atoms. The van der Waals surface area contributed by atoms with Crippen LogP contribution in [0.4, 0.5) is 0 Å². The molecule has 2 heterocycles. The maximum Gasteiger partial charge on any atom is 0.193 e. The van der Waals surface area contributed by atoms with Gasteiger partial charge in [-0.15, -0.1) is 24.0 Å². The molecule has 0 aliphatic carbocycles. The van der Waals surface area contributed by atoms with E-state index in [1.807, 2.05) is 0 Å². The summed E-state index contributed by atoms with van der Waals surface area (Å²) in [5.74, 6) is 1.67. The number of guanidine groups is 1. The van der Waals surface area contributed by atoms with Crippen LogP contribution in [0.1, 0.15) is 33.6 Å². The van der Waals surface area contributed by atoms with Crippen molar-refractivity contribution in [2.75, 3.05) is 65.7 Å². The quantitative estimate of drug-likeness (QED) is 0.256. The molecule has 1 unspecified atom stereocenters. The number of ether oxygens (including phenoxy) is 2. The molecule has 0 aromatic rings. The smallest absolute Gasteiger partial charge is 0.193 e. The highest BCUT2D eigenvalue weighted by Gasteiger charge is 2.30. The number of hydrogen-bond donors (Lipinski definition) is 1. The van der Waals surface area contributed by atoms with Gasteiger partial charge >= 0.3 is 0 Å². The average molecular weight is 468 g/mol. The first-order valence-electron chi connectivity index (χ1n) is 9.63. The van der Waals surface area contributed by atoms with E-state index in [1.54, 1.807) is 0 Å². The standard InChI is InChI=1S/C18H36N4O2.HI/c1-4-19-18(20-7-5-11-24-15-16(2)3)22-8-6-17(14-22)21-9-12-23-13-10-21;/h16-17H,4-15H2,1-3H3,(H,19,20);1H. The minimum Gasteiger partial charge on any atom is -0.381 e. The van der Waals surface area contributed by atoms with Gasteiger partial charge in [-0.1, -0.05) is 13.8 Å². The van der Waals surface area contributed by atoms with E-state index >= 15 is 0 Å². The summed E-state index contributed by atoms with van der Waals surface area (Å²) in [6.45, 7) is 16.0. The van der Waals surface area contributed by atoms with Gasteiger partial charge in [0.25, 0.3) is 0 Å². The molecular formula is C18H37IN4O2. The highest BCUT2D eigenvalue weighted by Crippen LogP contribution is 2.17. The molecule has 0 aromatic heterocycles. The minimum atomic E-state index is 0. The van der Waals surface area contributed by atoms with Gasteiger partial charge in [-0.3, -0.25) is 9.89 Å². The maximum atomic E-state index is 5.64. The summed E-state index contributed by atoms with van der Waals surface area (Å²) < 4.78 is 11.1. The zero-order chi connectivity index (χ0) is 17.2. The number of halogens is 1. The first-order chi connectivity index (χ1) is 11.7. The number of morpholine rings is 1. The van der Waals surface area contributed by atoms with Gasteiger partial charge in [0.2, 0.25) is 0 Å². The fourth-order valence-electron chi connectivity index (χ4n) is 3.27. The molecule has 2 rings (SSSR count). The van der Waals surface area contributed by atoms with Crippen LogP contribution in [0.2, 0.25) is 0 Å². The van der Waals surface area contributed by atoms with E-state index in [1.165, 1.54) is 6.42 Å². The van der Waals surface area contributed by atoms with Gasteiger partial charge in [0.05, 0.1) is 13.2 Å². The van der Waals surface area contributed by atoms with E-state index in [0.29, 0.717) is 12.0 Å². The van der Waals surface area contributed by atoms with Crippen LogP contribution < -0.4 is 5.32 Å². The Morgan fingerprint density at radius 1 is 1.28 bits per heavy atom. The van der Waals surface area contributed by atoms with Gasteiger partial charge in [0.15, 0.2) is 5.96 Å². The molecule has 0 spiro atoms. The van der Waals surface area contributed by atoms with Crippen LogP contribution in [0.25, 0.3) is 0 Å². The summed E-state index contributed by atoms with van der Waals surface area (Å²) in [5, 5.41) is 3.45. The molecular weight excluding hydrogens is 431 g/mol. The number of rotatable bonds is 8. The monoisotopic (exact) mass is 468 g/mol. The van der Waals surface area contributed by atoms with Crippen LogP contribution >= 0.6 is 24.0 Å². The highest BCUT2D eigenvalue weighted by atomic mass is 127. The Bertz CT molecular complexity index is 376. The molecule has 2 aliphatic rings. The third-order valence-electron chi connectivity index (χ3n) is 4.52. The number of aliphatic imine (C=N–C) groups is 1. The van der Waals surface area contributed by atoms with E-state index in [9.17, 15) is 0 Å². The lowest BCUT2D eigenvalue weighted by molar-refractivity contribution is 0.0195. The molecule has 7 heteroatoms. The Hall–Kier alpha value is -0.120. The first-order valence-corrected chi connectivity index (χ1v) is 9.63. The molecule has 2 aliphatic heterocycles. The topological polar surface area (TPSA) is 49.3 Å². The van der Waals surface area contributed by atoms with Crippen LogP contribution in [0.5, 0.6) is 0 Å². The van der Waals surface area contributed by atoms with Crippen LogP contribution in [0.15, 0.2) is 4.99 Å². The van der Waals surface area contributed by atoms with Crippen molar-refractivity contribution in [2.45, 2.75) is 39.7 Å². The number of nitrogens with one attached hydrogen (secondary N) is 1. The molecule has 1 N–H and O–H groups in total. The zero-order valence-electron chi connectivity index (χ0n) is 16.2. The second-order valence-electron chi connectivity index (χ2n) is 7.09. The highest BCUT2D eigenvalue weighted by molar-refractivity contribution is 14.0. The van der Waals surface area contributed by atoms with Crippen molar-refractivity contribution in [3.63, 3.8) is 0 Å². The lowest BCUT2D eigenvalue weighted by Crippen LogP contribution is -2.46. The molecule has 0 radical (unpaired) electrons. The van der Waals surface area contributed by atoms with Gasteiger partial charge in [-0.25, -0.2) is 0 Å². The van der Waals surface area contributed by atoms with Gasteiger partial charge in [-0.05, 0) is 25.7 Å². The van der Waals surface area contributed by atoms with Crippen molar-refractivity contribution in [3.05, 3.63) is 0 Å². The number of nitrogens with zero attached hydrogens (tertiary/aromatic N) is 3. The molecule has 0 saturated carbocycles. The lowest BCUT2D eigenvalue weighted by Gasteiger charge is -2.32. The van der Waals surface area contributed by atoms with Crippen molar-refractivity contribution in [1.29, 1.82) is 0 Å². The van der Waals surface area contributed by atoms with Crippen LogP contribution in [0, 0.1) is 5.92 Å². The maximum absolute atomic E-state index is 5.64. The van der Waals surface area contributed by atoms with Gasteiger partial charge in [0.1, 0.15) is 0 Å². The third-order valence-corrected chi connectivity index (χ3v) is 4.52. The van der Waals surface area contributed by atoms with Crippen LogP contribution in [0.3, 0.4) is 0 Å². The fraction of sp³-hybridized carbons (Fsp3) is 0.944. The predicted octanol–water partition coefficient (Wildman–Crippen LogP) is 2.04. The van der Waals surface area contributed by atoms with Gasteiger partial charge in [0, 0.05) is 58.5 Å². The molecule has 1 atom stereocenters. The van der Waals surface area contributed by atoms with Crippen LogP contribution in [-0.4, -0.2) is 87.5 Å². The lowest BCUT2D eigenvalue weighted by atomic mass is 10.2. The van der Waals surface area contributed by atoms with Crippen molar-refractivity contribution >= 4 is 29.9 Å². The average Bonchev–Trinajstić information content (AvgIpc) is 3.07. The van der Waals surface area contributed by atoms with Crippen molar-refractivity contribution in [2.24, 2.45) is 10.9 Å². The second kappa shape index (κ2) is 13.1. The van der Waals surface area contributed by atoms with E-state index < -0.39 is 0 Å². The van der Waals surface area contributed by atoms with E-state index in [4.69, 9.17) is 14.5 Å².